The van der Waals surface area contributed by atoms with Gasteiger partial charge in [-0.2, -0.15) is 13.9 Å². The summed E-state index contributed by atoms with van der Waals surface area (Å²) in [6.45, 7) is 1.56. The van der Waals surface area contributed by atoms with Gasteiger partial charge >= 0.3 is 0 Å². The van der Waals surface area contributed by atoms with Crippen LogP contribution in [0.15, 0.2) is 0 Å². The zero-order valence-corrected chi connectivity index (χ0v) is 8.52. The number of H-pyrrole nitrogens is 1. The number of nitrogens with zero attached hydrogens (tertiary/aromatic N) is 1. The molecule has 1 aromatic rings. The Balaban J connectivity index is 2.56. The summed E-state index contributed by atoms with van der Waals surface area (Å²) in [5.74, 6) is -3.32. The predicted molar refractivity (Wildman–Crippen MR) is 48.1 cm³/mol. The Hall–Kier alpha value is -0.200. The van der Waals surface area contributed by atoms with Crippen molar-refractivity contribution in [1.29, 1.82) is 0 Å². The Morgan fingerprint density at radius 2 is 2.33 bits per heavy atom. The highest BCUT2D eigenvalue weighted by molar-refractivity contribution is 14.1. The molecule has 5 heteroatoms. The van der Waals surface area contributed by atoms with Gasteiger partial charge in [-0.05, 0) is 29.0 Å². The molecule has 1 atom stereocenters. The lowest BCUT2D eigenvalue weighted by Crippen LogP contribution is -2.18. The smallest absolute Gasteiger partial charge is 0.275 e. The van der Waals surface area contributed by atoms with Crippen molar-refractivity contribution in [3.63, 3.8) is 0 Å². The van der Waals surface area contributed by atoms with E-state index in [1.54, 1.807) is 6.92 Å². The van der Waals surface area contributed by atoms with Crippen LogP contribution in [0.4, 0.5) is 8.78 Å². The zero-order chi connectivity index (χ0) is 8.93. The predicted octanol–water partition coefficient (Wildman–Crippen LogP) is 2.30. The number of aromatic nitrogens is 2. The van der Waals surface area contributed by atoms with Crippen molar-refractivity contribution in [2.24, 2.45) is 5.92 Å². The number of halogens is 3. The van der Waals surface area contributed by atoms with Crippen LogP contribution in [0.1, 0.15) is 18.2 Å². The van der Waals surface area contributed by atoms with E-state index in [1.807, 2.05) is 22.6 Å². The second-order valence-electron chi connectivity index (χ2n) is 3.10. The number of rotatable bonds is 0. The van der Waals surface area contributed by atoms with E-state index >= 15 is 0 Å². The first kappa shape index (κ1) is 8.40. The zero-order valence-electron chi connectivity index (χ0n) is 6.37. The molecule has 12 heavy (non-hydrogen) atoms. The van der Waals surface area contributed by atoms with E-state index in [0.717, 1.165) is 0 Å². The van der Waals surface area contributed by atoms with Crippen LogP contribution in [-0.4, -0.2) is 10.2 Å². The molecular weight excluding hydrogens is 277 g/mol. The normalized spacial score (nSPS) is 25.8. The number of nitrogens with one attached hydrogen (secondary N) is 1. The van der Waals surface area contributed by atoms with Gasteiger partial charge in [0.2, 0.25) is 0 Å². The molecule has 0 aliphatic heterocycles. The quantitative estimate of drug-likeness (QED) is 0.728. The lowest BCUT2D eigenvalue weighted by molar-refractivity contribution is -0.0492. The lowest BCUT2D eigenvalue weighted by Gasteiger charge is -2.13. The Kier molecular flexibility index (Phi) is 1.68. The highest BCUT2D eigenvalue weighted by atomic mass is 127. The number of hydrogen-bond acceptors (Lipinski definition) is 1. The molecule has 0 amide bonds. The topological polar surface area (TPSA) is 28.7 Å². The summed E-state index contributed by atoms with van der Waals surface area (Å²) in [7, 11) is 0. The van der Waals surface area contributed by atoms with Crippen molar-refractivity contribution in [1.82, 2.24) is 10.2 Å². The van der Waals surface area contributed by atoms with Crippen molar-refractivity contribution >= 4 is 22.6 Å². The summed E-state index contributed by atoms with van der Waals surface area (Å²) in [6.07, 6.45) is 0.428. The Morgan fingerprint density at radius 1 is 1.67 bits per heavy atom. The standard InChI is InChI=1S/C7H7F2IN2/c1-3-2-4-5(7(3,8)9)11-12-6(4)10/h3H,2H2,1H3,(H,11,12)/t3-/m1/s1. The molecule has 2 rings (SSSR count). The summed E-state index contributed by atoms with van der Waals surface area (Å²) in [5.41, 5.74) is 0.701. The summed E-state index contributed by atoms with van der Waals surface area (Å²) in [6, 6.07) is 0. The van der Waals surface area contributed by atoms with Gasteiger partial charge < -0.3 is 0 Å². The van der Waals surface area contributed by atoms with Gasteiger partial charge in [0.15, 0.2) is 0 Å². The highest BCUT2D eigenvalue weighted by Gasteiger charge is 2.48. The van der Waals surface area contributed by atoms with E-state index in [-0.39, 0.29) is 5.69 Å². The van der Waals surface area contributed by atoms with Gasteiger partial charge in [-0.25, -0.2) is 0 Å². The summed E-state index contributed by atoms with van der Waals surface area (Å²) >= 11 is 1.97. The lowest BCUT2D eigenvalue weighted by atomic mass is 10.1. The van der Waals surface area contributed by atoms with E-state index in [4.69, 9.17) is 0 Å². The molecule has 0 fully saturated rings. The third-order valence-corrected chi connectivity index (χ3v) is 3.17. The number of hydrogen-bond donors (Lipinski definition) is 1. The first-order valence-electron chi connectivity index (χ1n) is 3.64. The molecule has 1 heterocycles. The molecule has 0 radical (unpaired) electrons. The van der Waals surface area contributed by atoms with Crippen LogP contribution < -0.4 is 0 Å². The van der Waals surface area contributed by atoms with Crippen LogP contribution in [-0.2, 0) is 12.3 Å². The molecule has 0 spiro atoms. The van der Waals surface area contributed by atoms with Gasteiger partial charge in [-0.15, -0.1) is 0 Å². The minimum absolute atomic E-state index is 0.0133. The monoisotopic (exact) mass is 284 g/mol. The minimum atomic E-state index is -2.72. The van der Waals surface area contributed by atoms with E-state index in [2.05, 4.69) is 10.2 Å². The van der Waals surface area contributed by atoms with Crippen molar-refractivity contribution in [2.75, 3.05) is 0 Å². The second-order valence-corrected chi connectivity index (χ2v) is 4.12. The fraction of sp³-hybridized carbons (Fsp3) is 0.571. The van der Waals surface area contributed by atoms with E-state index < -0.39 is 11.8 Å². The van der Waals surface area contributed by atoms with Gasteiger partial charge in [0.25, 0.3) is 5.92 Å². The van der Waals surface area contributed by atoms with Gasteiger partial charge in [0, 0.05) is 11.5 Å². The Bertz CT molecular complexity index is 321. The maximum atomic E-state index is 13.3. The number of aromatic amines is 1. The van der Waals surface area contributed by atoms with Crippen LogP contribution >= 0.6 is 22.6 Å². The largest absolute Gasteiger partial charge is 0.292 e. The average molecular weight is 284 g/mol. The molecule has 0 bridgehead atoms. The first-order valence-corrected chi connectivity index (χ1v) is 4.72. The molecule has 1 aliphatic carbocycles. The van der Waals surface area contributed by atoms with Gasteiger partial charge in [-0.1, -0.05) is 6.92 Å². The highest BCUT2D eigenvalue weighted by Crippen LogP contribution is 2.45. The van der Waals surface area contributed by atoms with Crippen LogP contribution in [0.3, 0.4) is 0 Å². The van der Waals surface area contributed by atoms with Crippen LogP contribution in [0, 0.1) is 9.62 Å². The van der Waals surface area contributed by atoms with Crippen LogP contribution in [0.5, 0.6) is 0 Å². The SMILES string of the molecule is C[C@@H]1Cc2c(I)n[nH]c2C1(F)F. The van der Waals surface area contributed by atoms with Crippen LogP contribution in [0.25, 0.3) is 0 Å². The fourth-order valence-electron chi connectivity index (χ4n) is 1.49. The maximum absolute atomic E-state index is 13.3. The van der Waals surface area contributed by atoms with E-state index in [1.165, 1.54) is 0 Å². The van der Waals surface area contributed by atoms with Crippen molar-refractivity contribution < 1.29 is 8.78 Å². The number of fused-ring (bicyclic) bond motifs is 1. The van der Waals surface area contributed by atoms with E-state index in [0.29, 0.717) is 15.7 Å². The summed E-state index contributed by atoms with van der Waals surface area (Å²) in [4.78, 5) is 0. The molecule has 1 aromatic heterocycles. The molecule has 1 N–H and O–H groups in total. The molecule has 0 saturated carbocycles. The maximum Gasteiger partial charge on any atom is 0.292 e. The van der Waals surface area contributed by atoms with Crippen LogP contribution in [0.2, 0.25) is 0 Å². The van der Waals surface area contributed by atoms with Gasteiger partial charge in [-0.3, -0.25) is 5.10 Å². The third kappa shape index (κ3) is 0.915. The third-order valence-electron chi connectivity index (χ3n) is 2.28. The molecule has 1 aliphatic rings. The number of alkyl halides is 2. The average Bonchev–Trinajstić information content (AvgIpc) is 2.41. The molecule has 2 nitrogen and oxygen atoms in total. The second kappa shape index (κ2) is 2.40. The molecule has 0 unspecified atom stereocenters. The molecule has 0 saturated heterocycles. The van der Waals surface area contributed by atoms with E-state index in [9.17, 15) is 8.78 Å². The Morgan fingerprint density at radius 3 is 2.92 bits per heavy atom. The first-order chi connectivity index (χ1) is 5.53. The van der Waals surface area contributed by atoms with Crippen molar-refractivity contribution in [3.05, 3.63) is 15.0 Å². The molecule has 66 valence electrons. The minimum Gasteiger partial charge on any atom is -0.275 e. The van der Waals surface area contributed by atoms with Crippen molar-refractivity contribution in [3.8, 4) is 0 Å². The van der Waals surface area contributed by atoms with Gasteiger partial charge in [0.1, 0.15) is 9.39 Å². The van der Waals surface area contributed by atoms with Gasteiger partial charge in [0.05, 0.1) is 0 Å². The summed E-state index contributed by atoms with van der Waals surface area (Å²) < 4.78 is 27.2. The fourth-order valence-corrected chi connectivity index (χ4v) is 2.10. The molecule has 0 aromatic carbocycles. The summed E-state index contributed by atoms with van der Waals surface area (Å²) in [5, 5.41) is 6.15. The van der Waals surface area contributed by atoms with Crippen molar-refractivity contribution in [2.45, 2.75) is 19.3 Å². The molecular formula is C7H7F2IN2. The Labute approximate surface area is 81.9 Å².